The largest absolute Gasteiger partial charge is 0.376 e. The van der Waals surface area contributed by atoms with Crippen molar-refractivity contribution in [1.82, 2.24) is 4.72 Å². The molecule has 1 heterocycles. The molecule has 1 saturated heterocycles. The van der Waals surface area contributed by atoms with Gasteiger partial charge in [0, 0.05) is 6.61 Å². The third-order valence-electron chi connectivity index (χ3n) is 3.79. The third kappa shape index (κ3) is 4.76. The number of sulfonamides is 1. The zero-order chi connectivity index (χ0) is 17.0. The monoisotopic (exact) mass is 341 g/mol. The van der Waals surface area contributed by atoms with Gasteiger partial charge >= 0.3 is 0 Å². The lowest BCUT2D eigenvalue weighted by Crippen LogP contribution is -2.39. The van der Waals surface area contributed by atoms with Crippen LogP contribution < -0.4 is 4.72 Å². The van der Waals surface area contributed by atoms with Crippen LogP contribution in [0.2, 0.25) is 0 Å². The Morgan fingerprint density at radius 2 is 2.17 bits per heavy atom. The van der Waals surface area contributed by atoms with Crippen LogP contribution in [0.5, 0.6) is 0 Å². The van der Waals surface area contributed by atoms with Crippen molar-refractivity contribution in [1.29, 1.82) is 0 Å². The Labute approximate surface area is 137 Å². The lowest BCUT2D eigenvalue weighted by molar-refractivity contribution is -0.131. The molecule has 7 heteroatoms. The van der Waals surface area contributed by atoms with E-state index in [0.717, 1.165) is 18.4 Å². The van der Waals surface area contributed by atoms with Gasteiger partial charge in [-0.05, 0) is 50.8 Å². The highest BCUT2D eigenvalue weighted by Gasteiger charge is 2.25. The van der Waals surface area contributed by atoms with E-state index in [1.807, 2.05) is 6.07 Å². The van der Waals surface area contributed by atoms with Gasteiger partial charge in [-0.25, -0.2) is 13.1 Å². The van der Waals surface area contributed by atoms with E-state index < -0.39 is 22.0 Å². The summed E-state index contributed by atoms with van der Waals surface area (Å²) in [4.78, 5) is 12.2. The quantitative estimate of drug-likeness (QED) is 0.851. The van der Waals surface area contributed by atoms with Crippen LogP contribution in [0, 0.1) is 13.8 Å². The van der Waals surface area contributed by atoms with Crippen molar-refractivity contribution in [2.24, 2.45) is 0 Å². The molecular weight excluding hydrogens is 318 g/mol. The van der Waals surface area contributed by atoms with E-state index in [2.05, 4.69) is 4.72 Å². The second-order valence-electron chi connectivity index (χ2n) is 5.85. The van der Waals surface area contributed by atoms with Gasteiger partial charge in [-0.3, -0.25) is 4.79 Å². The first-order chi connectivity index (χ1) is 10.8. The average Bonchev–Trinajstić information content (AvgIpc) is 3.00. The fourth-order valence-corrected chi connectivity index (χ4v) is 3.74. The zero-order valence-corrected chi connectivity index (χ0v) is 14.5. The Balaban J connectivity index is 1.98. The standard InChI is InChI=1S/C16H23NO5S/c1-11-6-7-12(2)15(9-11)23(19,20)17-16(18)13(3)22-10-14-5-4-8-21-14/h6-7,9,13-14H,4-5,8,10H2,1-3H3,(H,17,18)/t13-,14+/m0/s1. The van der Waals surface area contributed by atoms with Crippen LogP contribution in [0.3, 0.4) is 0 Å². The lowest BCUT2D eigenvalue weighted by Gasteiger charge is -2.16. The van der Waals surface area contributed by atoms with Crippen LogP contribution >= 0.6 is 0 Å². The molecule has 1 fully saturated rings. The highest BCUT2D eigenvalue weighted by molar-refractivity contribution is 7.90. The molecule has 0 radical (unpaired) electrons. The number of aryl methyl sites for hydroxylation is 2. The van der Waals surface area contributed by atoms with Crippen molar-refractivity contribution in [2.75, 3.05) is 13.2 Å². The molecule has 1 N–H and O–H groups in total. The van der Waals surface area contributed by atoms with E-state index in [0.29, 0.717) is 12.2 Å². The Kier molecular flexibility index (Phi) is 5.78. The molecule has 0 aromatic heterocycles. The molecule has 23 heavy (non-hydrogen) atoms. The fourth-order valence-electron chi connectivity index (χ4n) is 2.37. The molecule has 128 valence electrons. The van der Waals surface area contributed by atoms with Crippen molar-refractivity contribution >= 4 is 15.9 Å². The topological polar surface area (TPSA) is 81.7 Å². The van der Waals surface area contributed by atoms with Crippen LogP contribution in [0.15, 0.2) is 23.1 Å². The minimum atomic E-state index is -3.91. The van der Waals surface area contributed by atoms with Crippen molar-refractivity contribution in [2.45, 2.75) is 50.7 Å². The van der Waals surface area contributed by atoms with Crippen LogP contribution in [0.4, 0.5) is 0 Å². The van der Waals surface area contributed by atoms with Crippen molar-refractivity contribution in [3.8, 4) is 0 Å². The highest BCUT2D eigenvalue weighted by atomic mass is 32.2. The van der Waals surface area contributed by atoms with Crippen molar-refractivity contribution < 1.29 is 22.7 Å². The van der Waals surface area contributed by atoms with E-state index in [9.17, 15) is 13.2 Å². The van der Waals surface area contributed by atoms with Gasteiger partial charge in [0.2, 0.25) is 0 Å². The number of amides is 1. The number of rotatable bonds is 6. The van der Waals surface area contributed by atoms with E-state index in [4.69, 9.17) is 9.47 Å². The minimum absolute atomic E-state index is 0.0131. The molecule has 2 rings (SSSR count). The van der Waals surface area contributed by atoms with Gasteiger partial charge in [-0.15, -0.1) is 0 Å². The predicted octanol–water partition coefficient (Wildman–Crippen LogP) is 1.69. The molecule has 1 amide bonds. The smallest absolute Gasteiger partial charge is 0.264 e. The van der Waals surface area contributed by atoms with Gasteiger partial charge in [0.15, 0.2) is 0 Å². The number of nitrogens with one attached hydrogen (secondary N) is 1. The molecule has 2 atom stereocenters. The van der Waals surface area contributed by atoms with Gasteiger partial charge in [-0.1, -0.05) is 12.1 Å². The van der Waals surface area contributed by atoms with Gasteiger partial charge in [-0.2, -0.15) is 0 Å². The number of carbonyl (C=O) groups is 1. The Morgan fingerprint density at radius 1 is 1.43 bits per heavy atom. The maximum Gasteiger partial charge on any atom is 0.264 e. The number of ether oxygens (including phenoxy) is 2. The summed E-state index contributed by atoms with van der Waals surface area (Å²) in [5, 5.41) is 0. The summed E-state index contributed by atoms with van der Waals surface area (Å²) in [7, 11) is -3.91. The first-order valence-corrected chi connectivity index (χ1v) is 9.15. The summed E-state index contributed by atoms with van der Waals surface area (Å²) in [6, 6.07) is 5.08. The first-order valence-electron chi connectivity index (χ1n) is 7.67. The predicted molar refractivity (Wildman–Crippen MR) is 85.6 cm³/mol. The second-order valence-corrected chi connectivity index (χ2v) is 7.50. The van der Waals surface area contributed by atoms with Gasteiger partial charge in [0.1, 0.15) is 6.10 Å². The molecule has 1 aromatic carbocycles. The molecule has 0 unspecified atom stereocenters. The van der Waals surface area contributed by atoms with E-state index >= 15 is 0 Å². The van der Waals surface area contributed by atoms with Crippen molar-refractivity contribution in [3.05, 3.63) is 29.3 Å². The molecule has 6 nitrogen and oxygen atoms in total. The molecule has 0 aliphatic carbocycles. The maximum atomic E-state index is 12.4. The Morgan fingerprint density at radius 3 is 2.83 bits per heavy atom. The molecule has 1 aliphatic heterocycles. The molecule has 0 bridgehead atoms. The summed E-state index contributed by atoms with van der Waals surface area (Å²) in [6.07, 6.45) is 1.00. The summed E-state index contributed by atoms with van der Waals surface area (Å²) in [6.45, 7) is 6.01. The Bertz CT molecular complexity index is 665. The fraction of sp³-hybridized carbons (Fsp3) is 0.562. The molecule has 1 aliphatic rings. The molecule has 0 saturated carbocycles. The third-order valence-corrected chi connectivity index (χ3v) is 5.28. The number of hydrogen-bond donors (Lipinski definition) is 1. The van der Waals surface area contributed by atoms with Crippen LogP contribution in [-0.4, -0.2) is 39.7 Å². The van der Waals surface area contributed by atoms with Gasteiger partial charge in [0.25, 0.3) is 15.9 Å². The number of carbonyl (C=O) groups excluding carboxylic acids is 1. The average molecular weight is 341 g/mol. The summed E-state index contributed by atoms with van der Waals surface area (Å²) >= 11 is 0. The maximum absolute atomic E-state index is 12.4. The highest BCUT2D eigenvalue weighted by Crippen LogP contribution is 2.17. The van der Waals surface area contributed by atoms with Gasteiger partial charge < -0.3 is 9.47 Å². The van der Waals surface area contributed by atoms with Crippen LogP contribution in [0.25, 0.3) is 0 Å². The van der Waals surface area contributed by atoms with Crippen LogP contribution in [-0.2, 0) is 24.3 Å². The minimum Gasteiger partial charge on any atom is -0.376 e. The number of benzene rings is 1. The lowest BCUT2D eigenvalue weighted by atomic mass is 10.2. The van der Waals surface area contributed by atoms with E-state index in [-0.39, 0.29) is 17.6 Å². The van der Waals surface area contributed by atoms with Crippen LogP contribution in [0.1, 0.15) is 30.9 Å². The Hall–Kier alpha value is -1.44. The summed E-state index contributed by atoms with van der Waals surface area (Å²) in [5.41, 5.74) is 1.40. The molecule has 0 spiro atoms. The first kappa shape index (κ1) is 17.9. The molecule has 1 aromatic rings. The normalized spacial score (nSPS) is 19.5. The SMILES string of the molecule is Cc1ccc(C)c(S(=O)(=O)NC(=O)[C@H](C)OC[C@H]2CCCO2)c1. The van der Waals surface area contributed by atoms with E-state index in [1.54, 1.807) is 26.0 Å². The van der Waals surface area contributed by atoms with Gasteiger partial charge in [0.05, 0.1) is 17.6 Å². The molecular formula is C16H23NO5S. The summed E-state index contributed by atoms with van der Waals surface area (Å²) < 4.78 is 37.6. The number of hydrogen-bond acceptors (Lipinski definition) is 5. The second kappa shape index (κ2) is 7.42. The summed E-state index contributed by atoms with van der Waals surface area (Å²) in [5.74, 6) is -0.677. The van der Waals surface area contributed by atoms with E-state index in [1.165, 1.54) is 6.92 Å². The zero-order valence-electron chi connectivity index (χ0n) is 13.7. The van der Waals surface area contributed by atoms with Crippen molar-refractivity contribution in [3.63, 3.8) is 0 Å².